The Morgan fingerprint density at radius 2 is 1.81 bits per heavy atom. The molecule has 3 rings (SSSR count). The Morgan fingerprint density at radius 3 is 2.50 bits per heavy atom. The van der Waals surface area contributed by atoms with Gasteiger partial charge in [-0.05, 0) is 24.3 Å². The number of benzene rings is 2. The lowest BCUT2D eigenvalue weighted by atomic mass is 10.2. The van der Waals surface area contributed by atoms with Crippen LogP contribution >= 0.6 is 0 Å². The molecule has 0 fully saturated rings. The molecule has 0 bridgehead atoms. The molecule has 0 saturated carbocycles. The van der Waals surface area contributed by atoms with E-state index in [1.165, 1.54) is 6.92 Å². The Labute approximate surface area is 150 Å². The Kier molecular flexibility index (Phi) is 5.43. The van der Waals surface area contributed by atoms with Crippen LogP contribution in [0.25, 0.3) is 11.3 Å². The van der Waals surface area contributed by atoms with Crippen LogP contribution in [0.4, 0.5) is 5.69 Å². The average Bonchev–Trinajstić information content (AvgIpc) is 3.11. The number of carbonyl (C=O) groups excluding carboxylic acids is 2. The minimum Gasteiger partial charge on any atom is -0.441 e. The molecule has 1 amide bonds. The minimum absolute atomic E-state index is 0.155. The van der Waals surface area contributed by atoms with Crippen molar-refractivity contribution in [2.24, 2.45) is 0 Å². The van der Waals surface area contributed by atoms with Gasteiger partial charge in [0.2, 0.25) is 5.91 Å². The number of amides is 1. The Morgan fingerprint density at radius 1 is 1.08 bits per heavy atom. The Hall–Kier alpha value is -3.41. The van der Waals surface area contributed by atoms with E-state index < -0.39 is 0 Å². The maximum absolute atomic E-state index is 12.0. The topological polar surface area (TPSA) is 81.4 Å². The lowest BCUT2D eigenvalue weighted by Gasteiger charge is -2.05. The first-order valence-corrected chi connectivity index (χ1v) is 8.18. The van der Waals surface area contributed by atoms with Gasteiger partial charge in [0.05, 0.1) is 12.6 Å². The van der Waals surface area contributed by atoms with Crippen LogP contribution in [-0.4, -0.2) is 16.9 Å². The van der Waals surface area contributed by atoms with E-state index in [0.29, 0.717) is 29.5 Å². The number of nitrogens with one attached hydrogen (secondary N) is 1. The molecular formula is C20H18N2O4. The normalized spacial score (nSPS) is 10.3. The summed E-state index contributed by atoms with van der Waals surface area (Å²) >= 11 is 0. The zero-order valence-electron chi connectivity index (χ0n) is 14.3. The molecule has 0 radical (unpaired) electrons. The molecule has 1 N–H and O–H groups in total. The van der Waals surface area contributed by atoms with Crippen molar-refractivity contribution in [1.29, 1.82) is 0 Å². The number of carbonyl (C=O) groups is 2. The van der Waals surface area contributed by atoms with Crippen molar-refractivity contribution in [2.75, 3.05) is 5.32 Å². The van der Waals surface area contributed by atoms with Crippen LogP contribution in [0.15, 0.2) is 65.2 Å². The van der Waals surface area contributed by atoms with Crippen molar-refractivity contribution in [2.45, 2.75) is 19.8 Å². The summed E-state index contributed by atoms with van der Waals surface area (Å²) < 4.78 is 10.9. The van der Waals surface area contributed by atoms with Crippen LogP contribution < -0.4 is 10.1 Å². The number of hydrogen-bond acceptors (Lipinski definition) is 5. The van der Waals surface area contributed by atoms with Crippen molar-refractivity contribution >= 4 is 17.6 Å². The molecule has 0 aliphatic carbocycles. The fourth-order valence-electron chi connectivity index (χ4n) is 2.36. The summed E-state index contributed by atoms with van der Waals surface area (Å²) in [5.74, 6) is 1.04. The first-order valence-electron chi connectivity index (χ1n) is 8.18. The smallest absolute Gasteiger partial charge is 0.311 e. The molecule has 6 heteroatoms. The molecule has 3 aromatic rings. The number of anilines is 1. The van der Waals surface area contributed by atoms with Crippen molar-refractivity contribution in [1.82, 2.24) is 4.98 Å². The largest absolute Gasteiger partial charge is 0.441 e. The predicted octanol–water partition coefficient (Wildman–Crippen LogP) is 3.84. The molecule has 0 saturated heterocycles. The van der Waals surface area contributed by atoms with Gasteiger partial charge in [-0.15, -0.1) is 0 Å². The summed E-state index contributed by atoms with van der Waals surface area (Å²) in [6.45, 7) is 1.43. The Bertz CT molecular complexity index is 886. The number of nitrogens with zero attached hydrogens (tertiary/aromatic N) is 1. The molecule has 1 aromatic heterocycles. The monoisotopic (exact) mass is 350 g/mol. The van der Waals surface area contributed by atoms with Crippen LogP contribution in [0.1, 0.15) is 19.2 Å². The highest BCUT2D eigenvalue weighted by molar-refractivity contribution is 5.88. The SMILES string of the molecule is CC(=O)Nc1ccc(OC(=O)CCc2ncc(-c3ccccc3)o2)cc1. The van der Waals surface area contributed by atoms with Gasteiger partial charge in [-0.1, -0.05) is 30.3 Å². The van der Waals surface area contributed by atoms with E-state index in [0.717, 1.165) is 5.56 Å². The second-order valence-electron chi connectivity index (χ2n) is 5.66. The van der Waals surface area contributed by atoms with Gasteiger partial charge in [0.1, 0.15) is 5.75 Å². The van der Waals surface area contributed by atoms with Crippen molar-refractivity contribution in [3.8, 4) is 17.1 Å². The summed E-state index contributed by atoms with van der Waals surface area (Å²) in [6.07, 6.45) is 2.16. The van der Waals surface area contributed by atoms with Gasteiger partial charge in [0.15, 0.2) is 11.7 Å². The highest BCUT2D eigenvalue weighted by Gasteiger charge is 2.10. The van der Waals surface area contributed by atoms with E-state index in [-0.39, 0.29) is 18.3 Å². The van der Waals surface area contributed by atoms with Gasteiger partial charge in [-0.3, -0.25) is 9.59 Å². The maximum Gasteiger partial charge on any atom is 0.311 e. The van der Waals surface area contributed by atoms with Gasteiger partial charge in [-0.25, -0.2) is 4.98 Å². The van der Waals surface area contributed by atoms with Crippen molar-refractivity contribution in [3.63, 3.8) is 0 Å². The standard InChI is InChI=1S/C20H18N2O4/c1-14(23)22-16-7-9-17(10-8-16)25-20(24)12-11-19-21-13-18(26-19)15-5-3-2-4-6-15/h2-10,13H,11-12H2,1H3,(H,22,23). The molecule has 6 nitrogen and oxygen atoms in total. The molecule has 0 unspecified atom stereocenters. The van der Waals surface area contributed by atoms with Crippen molar-refractivity contribution < 1.29 is 18.7 Å². The van der Waals surface area contributed by atoms with E-state index in [2.05, 4.69) is 10.3 Å². The summed E-state index contributed by atoms with van der Waals surface area (Å²) in [5.41, 5.74) is 1.58. The number of aryl methyl sites for hydroxylation is 1. The average molecular weight is 350 g/mol. The van der Waals surface area contributed by atoms with Gasteiger partial charge in [-0.2, -0.15) is 0 Å². The van der Waals surface area contributed by atoms with E-state index in [4.69, 9.17) is 9.15 Å². The molecule has 0 aliphatic heterocycles. The van der Waals surface area contributed by atoms with Gasteiger partial charge in [0.25, 0.3) is 0 Å². The zero-order chi connectivity index (χ0) is 18.4. The number of oxazole rings is 1. The first kappa shape index (κ1) is 17.4. The van der Waals surface area contributed by atoms with E-state index in [1.807, 2.05) is 30.3 Å². The number of esters is 1. The summed E-state index contributed by atoms with van der Waals surface area (Å²) in [6, 6.07) is 16.2. The summed E-state index contributed by atoms with van der Waals surface area (Å²) in [4.78, 5) is 27.1. The number of ether oxygens (including phenoxy) is 1. The van der Waals surface area contributed by atoms with Crippen LogP contribution in [0.5, 0.6) is 5.75 Å². The fraction of sp³-hybridized carbons (Fsp3) is 0.150. The number of hydrogen-bond donors (Lipinski definition) is 1. The maximum atomic E-state index is 12.0. The van der Waals surface area contributed by atoms with Gasteiger partial charge < -0.3 is 14.5 Å². The molecule has 1 heterocycles. The van der Waals surface area contributed by atoms with Crippen LogP contribution in [0.3, 0.4) is 0 Å². The third-order valence-electron chi connectivity index (χ3n) is 3.56. The summed E-state index contributed by atoms with van der Waals surface area (Å²) in [7, 11) is 0. The Balaban J connectivity index is 1.51. The molecule has 132 valence electrons. The van der Waals surface area contributed by atoms with E-state index in [9.17, 15) is 9.59 Å². The highest BCUT2D eigenvalue weighted by atomic mass is 16.5. The predicted molar refractivity (Wildman–Crippen MR) is 96.6 cm³/mol. The molecule has 0 atom stereocenters. The molecule has 0 aliphatic rings. The van der Waals surface area contributed by atoms with Crippen LogP contribution in [-0.2, 0) is 16.0 Å². The second kappa shape index (κ2) is 8.11. The molecule has 26 heavy (non-hydrogen) atoms. The first-order chi connectivity index (χ1) is 12.6. The van der Waals surface area contributed by atoms with E-state index >= 15 is 0 Å². The number of rotatable bonds is 6. The lowest BCUT2D eigenvalue weighted by molar-refractivity contribution is -0.134. The third-order valence-corrected chi connectivity index (χ3v) is 3.56. The minimum atomic E-state index is -0.378. The number of aromatic nitrogens is 1. The van der Waals surface area contributed by atoms with Gasteiger partial charge >= 0.3 is 5.97 Å². The van der Waals surface area contributed by atoms with E-state index in [1.54, 1.807) is 30.5 Å². The molecule has 2 aromatic carbocycles. The molecule has 0 spiro atoms. The fourth-order valence-corrected chi connectivity index (χ4v) is 2.36. The van der Waals surface area contributed by atoms with Gasteiger partial charge in [0, 0.05) is 24.6 Å². The second-order valence-corrected chi connectivity index (χ2v) is 5.66. The van der Waals surface area contributed by atoms with Crippen LogP contribution in [0, 0.1) is 0 Å². The summed E-state index contributed by atoms with van der Waals surface area (Å²) in [5, 5.41) is 2.65. The van der Waals surface area contributed by atoms with Crippen LogP contribution in [0.2, 0.25) is 0 Å². The van der Waals surface area contributed by atoms with Crippen molar-refractivity contribution in [3.05, 3.63) is 66.7 Å². The highest BCUT2D eigenvalue weighted by Crippen LogP contribution is 2.21. The molecular weight excluding hydrogens is 332 g/mol. The zero-order valence-corrected chi connectivity index (χ0v) is 14.3. The third kappa shape index (κ3) is 4.80. The lowest BCUT2D eigenvalue weighted by Crippen LogP contribution is -2.09. The quantitative estimate of drug-likeness (QED) is 0.539.